The third-order valence-corrected chi connectivity index (χ3v) is 4.81. The number of rotatable bonds is 2. The van der Waals surface area contributed by atoms with Gasteiger partial charge in [-0.15, -0.1) is 0 Å². The van der Waals surface area contributed by atoms with Crippen LogP contribution < -0.4 is 0 Å². The molecule has 0 atom stereocenters. The van der Waals surface area contributed by atoms with Gasteiger partial charge in [0.2, 0.25) is 0 Å². The lowest BCUT2D eigenvalue weighted by Gasteiger charge is -2.36. The van der Waals surface area contributed by atoms with Crippen molar-refractivity contribution in [2.24, 2.45) is 11.3 Å². The summed E-state index contributed by atoms with van der Waals surface area (Å²) in [5.74, 6) is -0.0237. The van der Waals surface area contributed by atoms with Gasteiger partial charge in [-0.3, -0.25) is 4.79 Å². The normalized spacial score (nSPS) is 27.2. The van der Waals surface area contributed by atoms with E-state index in [1.807, 2.05) is 0 Å². The van der Waals surface area contributed by atoms with E-state index in [-0.39, 0.29) is 5.41 Å². The van der Waals surface area contributed by atoms with Crippen LogP contribution in [-0.2, 0) is 4.79 Å². The minimum absolute atomic E-state index is 0.350. The Morgan fingerprint density at radius 2 is 1.38 bits per heavy atom. The van der Waals surface area contributed by atoms with E-state index >= 15 is 0 Å². The van der Waals surface area contributed by atoms with Crippen molar-refractivity contribution in [3.63, 3.8) is 0 Å². The van der Waals surface area contributed by atoms with Crippen molar-refractivity contribution in [3.05, 3.63) is 0 Å². The number of carbonyl (C=O) groups is 1. The average molecular weight is 224 g/mol. The molecule has 0 amide bonds. The van der Waals surface area contributed by atoms with Gasteiger partial charge < -0.3 is 5.11 Å². The highest BCUT2D eigenvalue weighted by Crippen LogP contribution is 2.48. The first-order valence-corrected chi connectivity index (χ1v) is 6.99. The minimum Gasteiger partial charge on any atom is -0.481 e. The van der Waals surface area contributed by atoms with Gasteiger partial charge in [-0.25, -0.2) is 0 Å². The van der Waals surface area contributed by atoms with E-state index < -0.39 is 5.97 Å². The molecule has 92 valence electrons. The molecule has 0 aliphatic heterocycles. The summed E-state index contributed by atoms with van der Waals surface area (Å²) < 4.78 is 0. The summed E-state index contributed by atoms with van der Waals surface area (Å²) in [6.07, 6.45) is 12.7. The maximum Gasteiger partial charge on any atom is 0.309 e. The SMILES string of the molecule is O=C(O)C1(C2CCCC2)CCCCCCC1. The Labute approximate surface area is 98.4 Å². The summed E-state index contributed by atoms with van der Waals surface area (Å²) in [5.41, 5.74) is -0.350. The molecule has 2 aliphatic carbocycles. The first-order chi connectivity index (χ1) is 7.76. The standard InChI is InChI=1S/C14H24O2/c15-13(16)14(12-8-4-5-9-12)10-6-2-1-3-7-11-14/h12H,1-11H2,(H,15,16). The van der Waals surface area contributed by atoms with Crippen LogP contribution in [0.25, 0.3) is 0 Å². The molecule has 0 aromatic heterocycles. The van der Waals surface area contributed by atoms with Crippen molar-refractivity contribution in [1.29, 1.82) is 0 Å². The molecule has 2 rings (SSSR count). The fraction of sp³-hybridized carbons (Fsp3) is 0.929. The highest BCUT2D eigenvalue weighted by molar-refractivity contribution is 5.75. The largest absolute Gasteiger partial charge is 0.481 e. The van der Waals surface area contributed by atoms with Crippen LogP contribution in [0.2, 0.25) is 0 Å². The zero-order valence-corrected chi connectivity index (χ0v) is 10.2. The third kappa shape index (κ3) is 2.26. The molecule has 0 spiro atoms. The molecule has 0 aromatic rings. The van der Waals surface area contributed by atoms with E-state index in [1.165, 1.54) is 32.1 Å². The molecule has 2 aliphatic rings. The summed E-state index contributed by atoms with van der Waals surface area (Å²) in [6.45, 7) is 0. The van der Waals surface area contributed by atoms with Gasteiger partial charge in [-0.05, 0) is 31.6 Å². The Morgan fingerprint density at radius 3 is 1.88 bits per heavy atom. The van der Waals surface area contributed by atoms with E-state index in [4.69, 9.17) is 0 Å². The van der Waals surface area contributed by atoms with Crippen molar-refractivity contribution in [2.45, 2.75) is 70.6 Å². The van der Waals surface area contributed by atoms with Crippen LogP contribution in [0, 0.1) is 11.3 Å². The summed E-state index contributed by atoms with van der Waals surface area (Å²) in [6, 6.07) is 0. The lowest BCUT2D eigenvalue weighted by Crippen LogP contribution is -2.38. The van der Waals surface area contributed by atoms with E-state index in [2.05, 4.69) is 0 Å². The Bertz CT molecular complexity index is 233. The number of hydrogen-bond donors (Lipinski definition) is 1. The van der Waals surface area contributed by atoms with E-state index in [0.717, 1.165) is 38.5 Å². The molecule has 2 fully saturated rings. The van der Waals surface area contributed by atoms with Crippen LogP contribution >= 0.6 is 0 Å². The third-order valence-electron chi connectivity index (χ3n) is 4.81. The minimum atomic E-state index is -0.499. The summed E-state index contributed by atoms with van der Waals surface area (Å²) in [5, 5.41) is 9.67. The van der Waals surface area contributed by atoms with Crippen LogP contribution in [0.1, 0.15) is 70.6 Å². The monoisotopic (exact) mass is 224 g/mol. The summed E-state index contributed by atoms with van der Waals surface area (Å²) >= 11 is 0. The van der Waals surface area contributed by atoms with Crippen LogP contribution in [0.5, 0.6) is 0 Å². The summed E-state index contributed by atoms with van der Waals surface area (Å²) in [7, 11) is 0. The average Bonchev–Trinajstić information content (AvgIpc) is 2.70. The number of carboxylic acids is 1. The number of carboxylic acid groups (broad SMARTS) is 1. The first-order valence-electron chi connectivity index (χ1n) is 6.99. The maximum absolute atomic E-state index is 11.7. The smallest absolute Gasteiger partial charge is 0.309 e. The van der Waals surface area contributed by atoms with Gasteiger partial charge in [0.15, 0.2) is 0 Å². The second-order valence-corrected chi connectivity index (χ2v) is 5.71. The Morgan fingerprint density at radius 1 is 0.875 bits per heavy atom. The van der Waals surface area contributed by atoms with Crippen LogP contribution in [0.3, 0.4) is 0 Å². The first kappa shape index (κ1) is 11.9. The molecular weight excluding hydrogens is 200 g/mol. The molecule has 0 aromatic carbocycles. The Hall–Kier alpha value is -0.530. The molecule has 2 heteroatoms. The van der Waals surface area contributed by atoms with Gasteiger partial charge in [-0.1, -0.05) is 44.9 Å². The van der Waals surface area contributed by atoms with Crippen LogP contribution in [0.4, 0.5) is 0 Å². The molecule has 2 saturated carbocycles. The predicted octanol–water partition coefficient (Wildman–Crippen LogP) is 3.99. The Kier molecular flexibility index (Phi) is 3.88. The molecule has 16 heavy (non-hydrogen) atoms. The Balaban J connectivity index is 2.13. The molecule has 0 saturated heterocycles. The molecule has 0 radical (unpaired) electrons. The van der Waals surface area contributed by atoms with Crippen LogP contribution in [0.15, 0.2) is 0 Å². The summed E-state index contributed by atoms with van der Waals surface area (Å²) in [4.78, 5) is 11.7. The lowest BCUT2D eigenvalue weighted by molar-refractivity contribution is -0.154. The maximum atomic E-state index is 11.7. The molecule has 0 bridgehead atoms. The second-order valence-electron chi connectivity index (χ2n) is 5.71. The van der Waals surface area contributed by atoms with Gasteiger partial charge in [0, 0.05) is 0 Å². The van der Waals surface area contributed by atoms with Gasteiger partial charge >= 0.3 is 5.97 Å². The highest BCUT2D eigenvalue weighted by Gasteiger charge is 2.45. The fourth-order valence-electron chi connectivity index (χ4n) is 3.81. The van der Waals surface area contributed by atoms with Crippen molar-refractivity contribution >= 4 is 5.97 Å². The predicted molar refractivity (Wildman–Crippen MR) is 64.3 cm³/mol. The van der Waals surface area contributed by atoms with Crippen molar-refractivity contribution < 1.29 is 9.90 Å². The van der Waals surface area contributed by atoms with Gasteiger partial charge in [-0.2, -0.15) is 0 Å². The van der Waals surface area contributed by atoms with Gasteiger partial charge in [0.1, 0.15) is 0 Å². The van der Waals surface area contributed by atoms with Crippen LogP contribution in [-0.4, -0.2) is 11.1 Å². The molecular formula is C14H24O2. The van der Waals surface area contributed by atoms with Gasteiger partial charge in [0.05, 0.1) is 5.41 Å². The van der Waals surface area contributed by atoms with Crippen molar-refractivity contribution in [2.75, 3.05) is 0 Å². The highest BCUT2D eigenvalue weighted by atomic mass is 16.4. The quantitative estimate of drug-likeness (QED) is 0.770. The zero-order chi connectivity index (χ0) is 11.4. The second kappa shape index (κ2) is 5.20. The van der Waals surface area contributed by atoms with E-state index in [1.54, 1.807) is 0 Å². The van der Waals surface area contributed by atoms with Crippen molar-refractivity contribution in [1.82, 2.24) is 0 Å². The molecule has 0 unspecified atom stereocenters. The van der Waals surface area contributed by atoms with E-state index in [0.29, 0.717) is 5.92 Å². The topological polar surface area (TPSA) is 37.3 Å². The van der Waals surface area contributed by atoms with E-state index in [9.17, 15) is 9.90 Å². The number of aliphatic carboxylic acids is 1. The van der Waals surface area contributed by atoms with Gasteiger partial charge in [0.25, 0.3) is 0 Å². The molecule has 0 heterocycles. The lowest BCUT2D eigenvalue weighted by atomic mass is 9.67. The number of hydrogen-bond acceptors (Lipinski definition) is 1. The zero-order valence-electron chi connectivity index (χ0n) is 10.2. The fourth-order valence-corrected chi connectivity index (χ4v) is 3.81. The molecule has 2 nitrogen and oxygen atoms in total. The van der Waals surface area contributed by atoms with Crippen molar-refractivity contribution in [3.8, 4) is 0 Å². The molecule has 1 N–H and O–H groups in total.